The van der Waals surface area contributed by atoms with Gasteiger partial charge < -0.3 is 14.6 Å². The molecule has 3 rings (SSSR count). The summed E-state index contributed by atoms with van der Waals surface area (Å²) in [6, 6.07) is 0. The first-order chi connectivity index (χ1) is 9.63. The summed E-state index contributed by atoms with van der Waals surface area (Å²) in [4.78, 5) is 28.6. The van der Waals surface area contributed by atoms with Crippen LogP contribution < -0.4 is 0 Å². The van der Waals surface area contributed by atoms with Crippen molar-refractivity contribution in [3.63, 3.8) is 0 Å². The molecule has 0 bridgehead atoms. The molecule has 9 heteroatoms. The molecule has 9 nitrogen and oxygen atoms in total. The molecular weight excluding hydrogens is 264 g/mol. The highest BCUT2D eigenvalue weighted by Gasteiger charge is 2.24. The lowest BCUT2D eigenvalue weighted by molar-refractivity contribution is -0.137. The van der Waals surface area contributed by atoms with E-state index >= 15 is 0 Å². The molecule has 2 aromatic heterocycles. The molecule has 0 aliphatic carbocycles. The Kier molecular flexibility index (Phi) is 2.93. The number of carboxylic acids is 1. The first-order valence-corrected chi connectivity index (χ1v) is 6.04. The molecule has 1 aliphatic rings. The number of hydrogen-bond acceptors (Lipinski definition) is 5. The number of fused-ring (bicyclic) bond motifs is 1. The Morgan fingerprint density at radius 2 is 2.20 bits per heavy atom. The number of imidazole rings is 1. The molecule has 3 heterocycles. The summed E-state index contributed by atoms with van der Waals surface area (Å²) >= 11 is 0. The van der Waals surface area contributed by atoms with Crippen molar-refractivity contribution in [2.75, 3.05) is 6.54 Å². The number of aromatic nitrogens is 5. The molecule has 0 aromatic carbocycles. The van der Waals surface area contributed by atoms with Crippen LogP contribution in [0.25, 0.3) is 0 Å². The smallest absolute Gasteiger partial charge is 0.325 e. The van der Waals surface area contributed by atoms with E-state index in [1.807, 2.05) is 10.8 Å². The molecular formula is C11H12N6O3. The summed E-state index contributed by atoms with van der Waals surface area (Å²) in [7, 11) is 0. The van der Waals surface area contributed by atoms with Crippen LogP contribution in [0, 0.1) is 0 Å². The van der Waals surface area contributed by atoms with Crippen molar-refractivity contribution < 1.29 is 14.7 Å². The van der Waals surface area contributed by atoms with Gasteiger partial charge in [-0.1, -0.05) is 5.21 Å². The molecule has 0 saturated heterocycles. The molecule has 0 saturated carbocycles. The largest absolute Gasteiger partial charge is 0.480 e. The third-order valence-corrected chi connectivity index (χ3v) is 3.09. The van der Waals surface area contributed by atoms with Crippen molar-refractivity contribution in [3.05, 3.63) is 30.1 Å². The average molecular weight is 276 g/mol. The lowest BCUT2D eigenvalue weighted by Crippen LogP contribution is -2.38. The maximum absolute atomic E-state index is 12.3. The minimum atomic E-state index is -1.03. The van der Waals surface area contributed by atoms with Crippen molar-refractivity contribution in [1.82, 2.24) is 29.4 Å². The quantitative estimate of drug-likeness (QED) is 0.787. The van der Waals surface area contributed by atoms with E-state index in [0.717, 1.165) is 10.5 Å². The van der Waals surface area contributed by atoms with Gasteiger partial charge in [-0.15, -0.1) is 5.10 Å². The van der Waals surface area contributed by atoms with Crippen molar-refractivity contribution in [3.8, 4) is 0 Å². The minimum Gasteiger partial charge on any atom is -0.480 e. The second-order valence-corrected chi connectivity index (χ2v) is 4.46. The van der Waals surface area contributed by atoms with Crippen LogP contribution in [-0.2, 0) is 24.4 Å². The van der Waals surface area contributed by atoms with E-state index in [-0.39, 0.29) is 18.1 Å². The van der Waals surface area contributed by atoms with Crippen LogP contribution in [0.5, 0.6) is 0 Å². The third-order valence-electron chi connectivity index (χ3n) is 3.09. The number of hydrogen-bond donors (Lipinski definition) is 1. The van der Waals surface area contributed by atoms with Crippen LogP contribution in [0.3, 0.4) is 0 Å². The third kappa shape index (κ3) is 2.25. The maximum Gasteiger partial charge on any atom is 0.325 e. The molecule has 1 amide bonds. The molecule has 1 N–H and O–H groups in total. The highest BCUT2D eigenvalue weighted by Crippen LogP contribution is 2.12. The number of nitrogens with zero attached hydrogens (tertiary/aromatic N) is 6. The zero-order valence-electron chi connectivity index (χ0n) is 10.5. The lowest BCUT2D eigenvalue weighted by Gasteiger charge is -2.26. The van der Waals surface area contributed by atoms with Gasteiger partial charge in [0.15, 0.2) is 5.69 Å². The van der Waals surface area contributed by atoms with E-state index in [0.29, 0.717) is 19.6 Å². The summed E-state index contributed by atoms with van der Waals surface area (Å²) in [5.74, 6) is -0.479. The Balaban J connectivity index is 1.73. The van der Waals surface area contributed by atoms with Crippen LogP contribution >= 0.6 is 0 Å². The zero-order chi connectivity index (χ0) is 14.1. The Bertz CT molecular complexity index is 661. The number of rotatable bonds is 3. The van der Waals surface area contributed by atoms with Gasteiger partial charge in [-0.3, -0.25) is 9.59 Å². The van der Waals surface area contributed by atoms with Gasteiger partial charge in [-0.2, -0.15) is 0 Å². The van der Waals surface area contributed by atoms with Gasteiger partial charge in [0, 0.05) is 25.5 Å². The normalized spacial score (nSPS) is 14.1. The van der Waals surface area contributed by atoms with Gasteiger partial charge >= 0.3 is 5.97 Å². The Hall–Kier alpha value is -2.71. The van der Waals surface area contributed by atoms with Gasteiger partial charge in [-0.25, -0.2) is 9.67 Å². The molecule has 0 spiro atoms. The van der Waals surface area contributed by atoms with E-state index in [9.17, 15) is 9.59 Å². The van der Waals surface area contributed by atoms with Gasteiger partial charge in [0.2, 0.25) is 0 Å². The summed E-state index contributed by atoms with van der Waals surface area (Å²) in [6.07, 6.45) is 4.92. The monoisotopic (exact) mass is 276 g/mol. The summed E-state index contributed by atoms with van der Waals surface area (Å²) in [6.45, 7) is 1.35. The Morgan fingerprint density at radius 1 is 1.35 bits per heavy atom. The van der Waals surface area contributed by atoms with E-state index in [1.165, 1.54) is 6.20 Å². The van der Waals surface area contributed by atoms with Crippen molar-refractivity contribution in [2.24, 2.45) is 0 Å². The summed E-state index contributed by atoms with van der Waals surface area (Å²) in [5, 5.41) is 16.0. The van der Waals surface area contributed by atoms with E-state index in [4.69, 9.17) is 5.11 Å². The summed E-state index contributed by atoms with van der Waals surface area (Å²) < 4.78 is 3.12. The van der Waals surface area contributed by atoms with E-state index in [2.05, 4.69) is 15.3 Å². The first-order valence-electron chi connectivity index (χ1n) is 6.04. The van der Waals surface area contributed by atoms with E-state index in [1.54, 1.807) is 11.1 Å². The highest BCUT2D eigenvalue weighted by molar-refractivity contribution is 5.92. The number of carbonyl (C=O) groups excluding carboxylic acids is 1. The fraction of sp³-hybridized carbons (Fsp3) is 0.364. The molecule has 20 heavy (non-hydrogen) atoms. The van der Waals surface area contributed by atoms with Crippen LogP contribution in [0.1, 0.15) is 16.3 Å². The number of carbonyl (C=O) groups is 2. The predicted octanol–water partition coefficient (Wildman–Crippen LogP) is -0.785. The second-order valence-electron chi connectivity index (χ2n) is 4.46. The van der Waals surface area contributed by atoms with Crippen molar-refractivity contribution in [2.45, 2.75) is 19.6 Å². The molecule has 0 unspecified atom stereocenters. The van der Waals surface area contributed by atoms with Crippen molar-refractivity contribution >= 4 is 11.9 Å². The molecule has 0 atom stereocenters. The van der Waals surface area contributed by atoms with Crippen molar-refractivity contribution in [1.29, 1.82) is 0 Å². The fourth-order valence-electron chi connectivity index (χ4n) is 2.12. The first kappa shape index (κ1) is 12.3. The number of aliphatic carboxylic acids is 1. The van der Waals surface area contributed by atoms with Crippen LogP contribution in [0.2, 0.25) is 0 Å². The molecule has 104 valence electrons. The van der Waals surface area contributed by atoms with Gasteiger partial charge in [0.1, 0.15) is 12.4 Å². The highest BCUT2D eigenvalue weighted by atomic mass is 16.4. The average Bonchev–Trinajstić information content (AvgIpc) is 3.04. The molecule has 0 radical (unpaired) electrons. The minimum absolute atomic E-state index is 0.145. The SMILES string of the molecule is O=C(O)Cn1cc(C(=O)N2CCn3ccnc3C2)nn1. The summed E-state index contributed by atoms with van der Waals surface area (Å²) in [5.41, 5.74) is 0.145. The van der Waals surface area contributed by atoms with Gasteiger partial charge in [-0.05, 0) is 0 Å². The van der Waals surface area contributed by atoms with E-state index < -0.39 is 5.97 Å². The Morgan fingerprint density at radius 3 is 3.00 bits per heavy atom. The van der Waals surface area contributed by atoms with Gasteiger partial charge in [0.25, 0.3) is 5.91 Å². The predicted molar refractivity (Wildman–Crippen MR) is 64.6 cm³/mol. The standard InChI is InChI=1S/C11H12N6O3/c18-10(19)7-17-5-8(13-14-17)11(20)16-4-3-15-2-1-12-9(15)6-16/h1-2,5H,3-4,6-7H2,(H,18,19). The Labute approximate surface area is 113 Å². The lowest BCUT2D eigenvalue weighted by atomic mass is 10.3. The zero-order valence-corrected chi connectivity index (χ0v) is 10.5. The van der Waals surface area contributed by atoms with Crippen LogP contribution in [-0.4, -0.2) is 53.0 Å². The second kappa shape index (κ2) is 4.76. The number of carboxylic acid groups (broad SMARTS) is 1. The van der Waals surface area contributed by atoms with Gasteiger partial charge in [0.05, 0.1) is 12.7 Å². The maximum atomic E-state index is 12.3. The fourth-order valence-corrected chi connectivity index (χ4v) is 2.12. The number of amides is 1. The molecule has 1 aliphatic heterocycles. The topological polar surface area (TPSA) is 106 Å². The molecule has 0 fully saturated rings. The van der Waals surface area contributed by atoms with Crippen LogP contribution in [0.4, 0.5) is 0 Å². The molecule has 2 aromatic rings. The van der Waals surface area contributed by atoms with Crippen LogP contribution in [0.15, 0.2) is 18.6 Å².